The van der Waals surface area contributed by atoms with Gasteiger partial charge in [0.15, 0.2) is 5.58 Å². The molecule has 0 amide bonds. The summed E-state index contributed by atoms with van der Waals surface area (Å²) < 4.78 is 30.6. The fourth-order valence-corrected chi connectivity index (χ4v) is 23.8. The molecule has 145 heavy (non-hydrogen) atoms. The molecule has 0 bridgehead atoms. The van der Waals surface area contributed by atoms with Crippen LogP contribution in [0.15, 0.2) is 403 Å². The monoisotopic (exact) mass is 2020 g/mol. The van der Waals surface area contributed by atoms with Crippen LogP contribution in [0.5, 0.6) is 0 Å². The summed E-state index contributed by atoms with van der Waals surface area (Å²) in [5, 5.41) is 12.1. The fourth-order valence-electron chi connectivity index (χ4n) is 22.6. The van der Waals surface area contributed by atoms with Crippen molar-refractivity contribution in [1.82, 2.24) is 0 Å². The number of fused-ring (bicyclic) bond motifs is 22. The molecule has 0 fully saturated rings. The molecule has 1 N–H and O–H groups in total. The fraction of sp³-hybridized carbons (Fsp3) is 0.206. The number of anilines is 8. The van der Waals surface area contributed by atoms with Gasteiger partial charge in [0.1, 0.15) is 39.1 Å². The van der Waals surface area contributed by atoms with Crippen LogP contribution >= 0.6 is 31.9 Å². The molecule has 4 aromatic heterocycles. The standard InChI is InChI=1S/C77H72N2O2.C41H28Br2O2.C18H23N/c1-47(2)51-26-35-58(36-27-51)78(59-37-28-52(29-38-59)48(3)4)66-45-65-73(75-70(66)63-44-57(76(9,10)11)34-43-69(63)81-75)72-64(77(65,55-20-14-12-15-21-55)56-22-16-13-17-23-56)46-67(74-71(72)62-24-18-19-25-68(62)80-74)79(60-39-30-53(31-40-60)49(5)6)61-41-32-54(33-42-61)50(7)8;1-40(2,3)25-18-19-33-27(20-25)34-30(42)21-29-37(39(34)45-33)36-28(22-31(43)38-35(36)26-16-10-11-17-32(26)44-38)41(29,23-12-6-4-7-13-23)24-14-8-5-9-15-24;1-13(2)15-5-9-17(10-6-15)19-18-11-7-16(8-12-18)14(3)4/h12-50H,1-11H3;4-22H,1-3H3;5-14,19H,1-4H3. The molecule has 0 saturated carbocycles. The molecule has 0 saturated heterocycles. The SMILES string of the molecule is CC(C)(C)c1ccc2oc3c4c(cc(Br)c3c2c1)C(c1ccccc1)(c1ccccc1)c1cc(Br)c2oc3ccccc3c2c1-4.CC(C)c1ccc(N(c2ccc(C(C)C)cc2)c2cc3c(c4c2oc2ccccc24)-c2c(cc(N(c4ccc(C(C)C)cc4)c4ccc(C(C)C)cc4)c4c2oc2ccc(C(C)(C)C)cc24)C3(c2ccccc2)c2ccccc2)cc1.CC(C)c1ccc(Nc2ccc(C(C)C)cc2)cc1. The van der Waals surface area contributed by atoms with Crippen molar-refractivity contribution in [3.05, 3.63) is 474 Å². The summed E-state index contributed by atoms with van der Waals surface area (Å²) >= 11 is 8.04. The van der Waals surface area contributed by atoms with E-state index in [-0.39, 0.29) is 10.8 Å². The maximum Gasteiger partial charge on any atom is 0.160 e. The number of hydrogen-bond donors (Lipinski definition) is 1. The molecule has 0 atom stereocenters. The van der Waals surface area contributed by atoms with E-state index in [0.29, 0.717) is 35.5 Å². The van der Waals surface area contributed by atoms with Crippen molar-refractivity contribution in [3.63, 3.8) is 0 Å². The predicted octanol–water partition coefficient (Wildman–Crippen LogP) is 40.9. The third-order valence-corrected chi connectivity index (χ3v) is 31.7. The molecule has 0 aliphatic heterocycles. The zero-order valence-corrected chi connectivity index (χ0v) is 89.2. The number of nitrogens with zero attached hydrogens (tertiary/aromatic N) is 2. The van der Waals surface area contributed by atoms with Crippen molar-refractivity contribution in [3.8, 4) is 22.3 Å². The second kappa shape index (κ2) is 37.6. The lowest BCUT2D eigenvalue weighted by atomic mass is 9.67. The minimum Gasteiger partial charge on any atom is -0.455 e. The Morgan fingerprint density at radius 2 is 0.517 bits per heavy atom. The van der Waals surface area contributed by atoms with Crippen molar-refractivity contribution in [2.75, 3.05) is 15.1 Å². The van der Waals surface area contributed by atoms with Gasteiger partial charge < -0.3 is 32.8 Å². The highest BCUT2D eigenvalue weighted by atomic mass is 79.9. The molecule has 18 aromatic carbocycles. The largest absolute Gasteiger partial charge is 0.455 e. The highest BCUT2D eigenvalue weighted by molar-refractivity contribution is 9.11. The molecular formula is C136H123Br2N3O4. The Labute approximate surface area is 869 Å². The summed E-state index contributed by atoms with van der Waals surface area (Å²) in [6.45, 7) is 40.7. The number of benzene rings is 18. The van der Waals surface area contributed by atoms with E-state index >= 15 is 0 Å². The smallest absolute Gasteiger partial charge is 0.160 e. The average molecular weight is 2020 g/mol. The van der Waals surface area contributed by atoms with Crippen molar-refractivity contribution >= 4 is 165 Å². The van der Waals surface area contributed by atoms with Crippen LogP contribution in [0.4, 0.5) is 45.5 Å². The molecule has 0 unspecified atom stereocenters. The number of halogens is 2. The molecule has 2 aliphatic carbocycles. The summed E-state index contributed by atoms with van der Waals surface area (Å²) in [5.41, 5.74) is 38.2. The van der Waals surface area contributed by atoms with Gasteiger partial charge in [-0.1, -0.05) is 383 Å². The lowest BCUT2D eigenvalue weighted by molar-refractivity contribution is 0.590. The summed E-state index contributed by atoms with van der Waals surface area (Å²) in [7, 11) is 0. The molecule has 22 aromatic rings. The van der Waals surface area contributed by atoms with Gasteiger partial charge in [-0.3, -0.25) is 0 Å². The summed E-state index contributed by atoms with van der Waals surface area (Å²) in [5.74, 6) is 2.68. The van der Waals surface area contributed by atoms with Crippen molar-refractivity contribution in [2.45, 2.75) is 182 Å². The predicted molar refractivity (Wildman–Crippen MR) is 619 cm³/mol. The lowest BCUT2D eigenvalue weighted by Crippen LogP contribution is -2.29. The van der Waals surface area contributed by atoms with Gasteiger partial charge in [-0.15, -0.1) is 0 Å². The molecule has 24 rings (SSSR count). The Morgan fingerprint density at radius 3 is 0.883 bits per heavy atom. The molecular weight excluding hydrogens is 1900 g/mol. The van der Waals surface area contributed by atoms with Gasteiger partial charge in [-0.05, 0) is 285 Å². The third kappa shape index (κ3) is 16.5. The highest BCUT2D eigenvalue weighted by Crippen LogP contribution is 2.67. The van der Waals surface area contributed by atoms with Gasteiger partial charge in [0.05, 0.1) is 32.1 Å². The number of furan rings is 4. The summed E-state index contributed by atoms with van der Waals surface area (Å²) in [4.78, 5) is 4.93. The van der Waals surface area contributed by atoms with Gasteiger partial charge >= 0.3 is 0 Å². The Hall–Kier alpha value is -14.5. The van der Waals surface area contributed by atoms with E-state index in [4.69, 9.17) is 17.7 Å². The maximum absolute atomic E-state index is 7.70. The van der Waals surface area contributed by atoms with Crippen LogP contribution in [-0.4, -0.2) is 0 Å². The Bertz CT molecular complexity index is 8400. The van der Waals surface area contributed by atoms with Crippen LogP contribution in [0.2, 0.25) is 0 Å². The van der Waals surface area contributed by atoms with Gasteiger partial charge in [0.2, 0.25) is 0 Å². The molecule has 2 aliphatic rings. The normalized spacial score (nSPS) is 13.2. The molecule has 720 valence electrons. The average Bonchev–Trinajstić information content (AvgIpc) is 1.50. The van der Waals surface area contributed by atoms with Gasteiger partial charge in [-0.2, -0.15) is 0 Å². The van der Waals surface area contributed by atoms with Crippen LogP contribution in [0.25, 0.3) is 110 Å². The minimum absolute atomic E-state index is 0.0114. The first-order valence-corrected chi connectivity index (χ1v) is 53.1. The van der Waals surface area contributed by atoms with Crippen molar-refractivity contribution in [1.29, 1.82) is 0 Å². The summed E-state index contributed by atoms with van der Waals surface area (Å²) in [6.07, 6.45) is 0. The first-order chi connectivity index (χ1) is 69.9. The first-order valence-electron chi connectivity index (χ1n) is 51.5. The lowest BCUT2D eigenvalue weighted by Gasteiger charge is -2.36. The van der Waals surface area contributed by atoms with E-state index in [1.54, 1.807) is 0 Å². The first kappa shape index (κ1) is 95.4. The Balaban J connectivity index is 0.000000155. The quantitative estimate of drug-likeness (QED) is 0.0918. The van der Waals surface area contributed by atoms with Crippen LogP contribution in [0.1, 0.15) is 249 Å². The van der Waals surface area contributed by atoms with Crippen LogP contribution in [0.3, 0.4) is 0 Å². The molecule has 0 radical (unpaired) electrons. The van der Waals surface area contributed by atoms with Crippen LogP contribution in [0, 0.1) is 0 Å². The van der Waals surface area contributed by atoms with Crippen LogP contribution in [-0.2, 0) is 21.7 Å². The number of hydrogen-bond acceptors (Lipinski definition) is 7. The van der Waals surface area contributed by atoms with E-state index in [1.807, 2.05) is 6.07 Å². The van der Waals surface area contributed by atoms with Gasteiger partial charge in [0, 0.05) is 98.6 Å². The Morgan fingerprint density at radius 1 is 0.241 bits per heavy atom. The van der Waals surface area contributed by atoms with Crippen molar-refractivity contribution < 1.29 is 17.7 Å². The molecule has 4 heterocycles. The van der Waals surface area contributed by atoms with Crippen LogP contribution < -0.4 is 15.1 Å². The van der Waals surface area contributed by atoms with E-state index < -0.39 is 10.8 Å². The molecule has 9 heteroatoms. The highest BCUT2D eigenvalue weighted by Gasteiger charge is 2.53. The molecule has 7 nitrogen and oxygen atoms in total. The van der Waals surface area contributed by atoms with E-state index in [1.165, 1.54) is 66.8 Å². The zero-order chi connectivity index (χ0) is 101. The summed E-state index contributed by atoms with van der Waals surface area (Å²) in [6, 6.07) is 138. The van der Waals surface area contributed by atoms with Gasteiger partial charge in [-0.25, -0.2) is 0 Å². The second-order valence-electron chi connectivity index (χ2n) is 43.6. The van der Waals surface area contributed by atoms with Crippen molar-refractivity contribution in [2.24, 2.45) is 0 Å². The number of rotatable bonds is 18. The molecule has 0 spiro atoms. The third-order valence-electron chi connectivity index (χ3n) is 30.5. The number of nitrogens with one attached hydrogen (secondary N) is 1. The topological polar surface area (TPSA) is 71.1 Å². The maximum atomic E-state index is 7.70. The van der Waals surface area contributed by atoms with E-state index in [9.17, 15) is 0 Å². The minimum atomic E-state index is -0.879. The second-order valence-corrected chi connectivity index (χ2v) is 45.3. The zero-order valence-electron chi connectivity index (χ0n) is 86.0. The van der Waals surface area contributed by atoms with Gasteiger partial charge in [0.25, 0.3) is 0 Å². The Kier molecular flexibility index (Phi) is 24.7. The number of para-hydroxylation sites is 2. The van der Waals surface area contributed by atoms with E-state index in [0.717, 1.165) is 187 Å². The van der Waals surface area contributed by atoms with E-state index in [2.05, 4.69) is 542 Å².